The molecule has 0 saturated heterocycles. The quantitative estimate of drug-likeness (QED) is 0.651. The van der Waals surface area contributed by atoms with Gasteiger partial charge < -0.3 is 0 Å². The Morgan fingerprint density at radius 1 is 1.10 bits per heavy atom. The van der Waals surface area contributed by atoms with E-state index in [1.54, 1.807) is 0 Å². The number of hydrogen-bond donors (Lipinski definition) is 2. The van der Waals surface area contributed by atoms with Gasteiger partial charge in [-0.25, -0.2) is 4.39 Å². The maximum atomic E-state index is 13.1. The van der Waals surface area contributed by atoms with Crippen molar-refractivity contribution in [2.75, 3.05) is 0 Å². The average Bonchev–Trinajstić information content (AvgIpc) is 2.47. The predicted molar refractivity (Wildman–Crippen MR) is 85.7 cm³/mol. The molecule has 2 rings (SSSR count). The Hall–Kier alpha value is -1.42. The lowest BCUT2D eigenvalue weighted by atomic mass is 9.75. The van der Waals surface area contributed by atoms with Gasteiger partial charge in [0.15, 0.2) is 0 Å². The van der Waals surface area contributed by atoms with Crippen molar-refractivity contribution in [3.05, 3.63) is 70.5 Å². The Morgan fingerprint density at radius 3 is 2.19 bits per heavy atom. The summed E-state index contributed by atoms with van der Waals surface area (Å²) in [5, 5.41) is 0.716. The first-order valence-corrected chi connectivity index (χ1v) is 7.28. The average molecular weight is 307 g/mol. The standard InChI is InChI=1S/C17H20ClFN2/c1-17(2,13-5-9-15(19)10-6-13)16(21-20)11-12-3-7-14(18)8-4-12/h3-10,16,21H,11,20H2,1-2H3. The van der Waals surface area contributed by atoms with E-state index in [9.17, 15) is 4.39 Å². The fourth-order valence-electron chi connectivity index (χ4n) is 2.46. The van der Waals surface area contributed by atoms with Gasteiger partial charge in [-0.05, 0) is 41.8 Å². The second-order valence-corrected chi connectivity index (χ2v) is 6.21. The van der Waals surface area contributed by atoms with Crippen LogP contribution in [0.2, 0.25) is 5.02 Å². The van der Waals surface area contributed by atoms with Gasteiger partial charge in [-0.15, -0.1) is 0 Å². The van der Waals surface area contributed by atoms with E-state index in [4.69, 9.17) is 17.4 Å². The van der Waals surface area contributed by atoms with Crippen LogP contribution in [0.1, 0.15) is 25.0 Å². The SMILES string of the molecule is CC(C)(c1ccc(F)cc1)C(Cc1ccc(Cl)cc1)NN. The van der Waals surface area contributed by atoms with E-state index < -0.39 is 0 Å². The van der Waals surface area contributed by atoms with Gasteiger partial charge in [0, 0.05) is 16.5 Å². The number of rotatable bonds is 5. The van der Waals surface area contributed by atoms with Crippen LogP contribution in [-0.2, 0) is 11.8 Å². The lowest BCUT2D eigenvalue weighted by molar-refractivity contribution is 0.341. The van der Waals surface area contributed by atoms with Crippen molar-refractivity contribution in [2.45, 2.75) is 31.7 Å². The van der Waals surface area contributed by atoms with Gasteiger partial charge in [-0.2, -0.15) is 0 Å². The molecular weight excluding hydrogens is 287 g/mol. The number of nitrogens with one attached hydrogen (secondary N) is 1. The van der Waals surface area contributed by atoms with Crippen molar-refractivity contribution in [1.29, 1.82) is 0 Å². The molecule has 0 heterocycles. The maximum absolute atomic E-state index is 13.1. The molecule has 0 bridgehead atoms. The highest BCUT2D eigenvalue weighted by molar-refractivity contribution is 6.30. The normalized spacial score (nSPS) is 13.2. The van der Waals surface area contributed by atoms with Gasteiger partial charge in [-0.3, -0.25) is 11.3 Å². The van der Waals surface area contributed by atoms with E-state index in [0.717, 1.165) is 17.5 Å². The zero-order valence-corrected chi connectivity index (χ0v) is 13.0. The topological polar surface area (TPSA) is 38.0 Å². The molecule has 21 heavy (non-hydrogen) atoms. The van der Waals surface area contributed by atoms with Crippen molar-refractivity contribution in [2.24, 2.45) is 5.84 Å². The molecule has 0 fully saturated rings. The molecule has 0 aliphatic carbocycles. The first kappa shape index (κ1) is 16.0. The van der Waals surface area contributed by atoms with E-state index in [-0.39, 0.29) is 17.3 Å². The Bertz CT molecular complexity index is 579. The van der Waals surface area contributed by atoms with E-state index in [2.05, 4.69) is 19.3 Å². The second-order valence-electron chi connectivity index (χ2n) is 5.78. The first-order valence-electron chi connectivity index (χ1n) is 6.90. The van der Waals surface area contributed by atoms with Gasteiger partial charge in [0.1, 0.15) is 5.82 Å². The molecule has 2 aromatic rings. The summed E-state index contributed by atoms with van der Waals surface area (Å²) in [6.07, 6.45) is 0.762. The van der Waals surface area contributed by atoms with Crippen LogP contribution < -0.4 is 11.3 Å². The fourth-order valence-corrected chi connectivity index (χ4v) is 2.59. The monoisotopic (exact) mass is 306 g/mol. The number of nitrogens with two attached hydrogens (primary N) is 1. The number of halogens is 2. The first-order chi connectivity index (χ1) is 9.93. The van der Waals surface area contributed by atoms with Crippen LogP contribution in [0.5, 0.6) is 0 Å². The smallest absolute Gasteiger partial charge is 0.123 e. The van der Waals surface area contributed by atoms with Crippen molar-refractivity contribution >= 4 is 11.6 Å². The molecule has 0 aliphatic heterocycles. The van der Waals surface area contributed by atoms with Gasteiger partial charge in [-0.1, -0.05) is 49.7 Å². The Kier molecular flexibility index (Phi) is 4.99. The van der Waals surface area contributed by atoms with E-state index >= 15 is 0 Å². The summed E-state index contributed by atoms with van der Waals surface area (Å²) in [7, 11) is 0. The molecule has 2 aromatic carbocycles. The lowest BCUT2D eigenvalue weighted by Crippen LogP contribution is -2.49. The Morgan fingerprint density at radius 2 is 1.67 bits per heavy atom. The van der Waals surface area contributed by atoms with Crippen LogP contribution in [-0.4, -0.2) is 6.04 Å². The molecular formula is C17H20ClFN2. The molecule has 0 spiro atoms. The van der Waals surface area contributed by atoms with Gasteiger partial charge in [0.2, 0.25) is 0 Å². The molecule has 0 saturated carbocycles. The molecule has 112 valence electrons. The summed E-state index contributed by atoms with van der Waals surface area (Å²) in [4.78, 5) is 0. The molecule has 3 N–H and O–H groups in total. The number of hydrogen-bond acceptors (Lipinski definition) is 2. The summed E-state index contributed by atoms with van der Waals surface area (Å²) in [5.74, 6) is 5.52. The van der Waals surface area contributed by atoms with E-state index in [0.29, 0.717) is 5.02 Å². The minimum atomic E-state index is -0.234. The van der Waals surface area contributed by atoms with Crippen molar-refractivity contribution in [1.82, 2.24) is 5.43 Å². The highest BCUT2D eigenvalue weighted by atomic mass is 35.5. The largest absolute Gasteiger partial charge is 0.271 e. The predicted octanol–water partition coefficient (Wildman–Crippen LogP) is 3.83. The van der Waals surface area contributed by atoms with Gasteiger partial charge in [0.05, 0.1) is 0 Å². The highest BCUT2D eigenvalue weighted by Crippen LogP contribution is 2.29. The van der Waals surface area contributed by atoms with Crippen LogP contribution in [0.15, 0.2) is 48.5 Å². The van der Waals surface area contributed by atoms with Crippen LogP contribution in [0.4, 0.5) is 4.39 Å². The van der Waals surface area contributed by atoms with Crippen molar-refractivity contribution in [3.63, 3.8) is 0 Å². The summed E-state index contributed by atoms with van der Waals surface area (Å²) in [6, 6.07) is 14.3. The minimum absolute atomic E-state index is 0.0177. The van der Waals surface area contributed by atoms with Crippen molar-refractivity contribution < 1.29 is 4.39 Å². The summed E-state index contributed by atoms with van der Waals surface area (Å²) >= 11 is 5.91. The van der Waals surface area contributed by atoms with E-state index in [1.165, 1.54) is 12.1 Å². The van der Waals surface area contributed by atoms with Crippen LogP contribution >= 0.6 is 11.6 Å². The summed E-state index contributed by atoms with van der Waals surface area (Å²) in [5.41, 5.74) is 4.85. The molecule has 1 unspecified atom stereocenters. The molecule has 0 amide bonds. The third-order valence-electron chi connectivity index (χ3n) is 4.01. The highest BCUT2D eigenvalue weighted by Gasteiger charge is 2.30. The molecule has 4 heteroatoms. The summed E-state index contributed by atoms with van der Waals surface area (Å²) in [6.45, 7) is 4.20. The lowest BCUT2D eigenvalue weighted by Gasteiger charge is -2.34. The third-order valence-corrected chi connectivity index (χ3v) is 4.27. The molecule has 2 nitrogen and oxygen atoms in total. The fraction of sp³-hybridized carbons (Fsp3) is 0.294. The molecule has 0 aliphatic rings. The molecule has 0 radical (unpaired) electrons. The van der Waals surface area contributed by atoms with Gasteiger partial charge in [0.25, 0.3) is 0 Å². The van der Waals surface area contributed by atoms with Crippen LogP contribution in [0.3, 0.4) is 0 Å². The van der Waals surface area contributed by atoms with Crippen LogP contribution in [0, 0.1) is 5.82 Å². The molecule has 1 atom stereocenters. The van der Waals surface area contributed by atoms with E-state index in [1.807, 2.05) is 36.4 Å². The molecule has 0 aromatic heterocycles. The Balaban J connectivity index is 2.22. The second kappa shape index (κ2) is 6.56. The third kappa shape index (κ3) is 3.82. The summed E-state index contributed by atoms with van der Waals surface area (Å²) < 4.78 is 13.1. The zero-order chi connectivity index (χ0) is 15.5. The van der Waals surface area contributed by atoms with Gasteiger partial charge >= 0.3 is 0 Å². The number of benzene rings is 2. The minimum Gasteiger partial charge on any atom is -0.271 e. The van der Waals surface area contributed by atoms with Crippen LogP contribution in [0.25, 0.3) is 0 Å². The number of hydrazine groups is 1. The van der Waals surface area contributed by atoms with Crippen molar-refractivity contribution in [3.8, 4) is 0 Å². The maximum Gasteiger partial charge on any atom is 0.123 e. The Labute approximate surface area is 130 Å². The zero-order valence-electron chi connectivity index (χ0n) is 12.2.